The van der Waals surface area contributed by atoms with Gasteiger partial charge in [-0.3, -0.25) is 4.98 Å². The van der Waals surface area contributed by atoms with Gasteiger partial charge in [-0.2, -0.15) is 0 Å². The summed E-state index contributed by atoms with van der Waals surface area (Å²) in [5, 5.41) is 9.24. The Morgan fingerprint density at radius 2 is 2.07 bits per heavy atom. The number of hydrogen-bond donors (Lipinski definition) is 1. The van der Waals surface area contributed by atoms with Crippen LogP contribution in [0.1, 0.15) is 5.56 Å². The third kappa shape index (κ3) is 2.27. The Kier molecular flexibility index (Phi) is 3.18. The van der Waals surface area contributed by atoms with Crippen molar-refractivity contribution in [2.45, 2.75) is 6.61 Å². The Bertz CT molecular complexity index is 321. The molecular formula is C11H17N3O. The van der Waals surface area contributed by atoms with E-state index >= 15 is 0 Å². The second-order valence-electron chi connectivity index (χ2n) is 3.95. The quantitative estimate of drug-likeness (QED) is 0.758. The number of nitrogens with zero attached hydrogens (tertiary/aromatic N) is 3. The van der Waals surface area contributed by atoms with Crippen LogP contribution in [0.4, 0.5) is 5.69 Å². The molecule has 0 aliphatic carbocycles. The second kappa shape index (κ2) is 4.59. The molecule has 1 aliphatic heterocycles. The van der Waals surface area contributed by atoms with Gasteiger partial charge in [-0.05, 0) is 13.1 Å². The monoisotopic (exact) mass is 207 g/mol. The fourth-order valence-electron chi connectivity index (χ4n) is 1.88. The minimum atomic E-state index is 0.0875. The Balaban J connectivity index is 2.15. The van der Waals surface area contributed by atoms with Crippen LogP contribution in [0, 0.1) is 0 Å². The summed E-state index contributed by atoms with van der Waals surface area (Å²) < 4.78 is 0. The Morgan fingerprint density at radius 3 is 2.73 bits per heavy atom. The average molecular weight is 207 g/mol. The number of anilines is 1. The third-order valence-corrected chi connectivity index (χ3v) is 2.90. The molecule has 0 unspecified atom stereocenters. The molecule has 0 saturated carbocycles. The molecule has 82 valence electrons. The highest BCUT2D eigenvalue weighted by Gasteiger charge is 2.16. The molecule has 1 saturated heterocycles. The third-order valence-electron chi connectivity index (χ3n) is 2.90. The molecular weight excluding hydrogens is 190 g/mol. The Morgan fingerprint density at radius 1 is 1.33 bits per heavy atom. The van der Waals surface area contributed by atoms with Crippen molar-refractivity contribution in [1.82, 2.24) is 9.88 Å². The molecule has 2 rings (SSSR count). The lowest BCUT2D eigenvalue weighted by Gasteiger charge is -2.34. The molecule has 0 atom stereocenters. The van der Waals surface area contributed by atoms with Crippen LogP contribution in [-0.2, 0) is 6.61 Å². The number of likely N-dealkylation sites (N-methyl/N-ethyl adjacent to an activating group) is 1. The topological polar surface area (TPSA) is 39.6 Å². The van der Waals surface area contributed by atoms with Crippen molar-refractivity contribution >= 4 is 5.69 Å². The molecule has 0 bridgehead atoms. The van der Waals surface area contributed by atoms with Crippen LogP contribution in [0.2, 0.25) is 0 Å². The molecule has 1 aliphatic rings. The maximum atomic E-state index is 9.24. The van der Waals surface area contributed by atoms with Crippen LogP contribution in [-0.4, -0.2) is 48.2 Å². The summed E-state index contributed by atoms with van der Waals surface area (Å²) in [7, 11) is 2.13. The van der Waals surface area contributed by atoms with Gasteiger partial charge >= 0.3 is 0 Å². The smallest absolute Gasteiger partial charge is 0.0703 e. The van der Waals surface area contributed by atoms with Crippen molar-refractivity contribution < 1.29 is 5.11 Å². The zero-order valence-corrected chi connectivity index (χ0v) is 9.06. The van der Waals surface area contributed by atoms with Crippen molar-refractivity contribution in [3.05, 3.63) is 24.0 Å². The first-order chi connectivity index (χ1) is 7.31. The molecule has 4 nitrogen and oxygen atoms in total. The van der Waals surface area contributed by atoms with Crippen molar-refractivity contribution in [3.63, 3.8) is 0 Å². The van der Waals surface area contributed by atoms with E-state index in [4.69, 9.17) is 0 Å². The second-order valence-corrected chi connectivity index (χ2v) is 3.95. The number of aromatic nitrogens is 1. The van der Waals surface area contributed by atoms with Crippen LogP contribution in [0.3, 0.4) is 0 Å². The van der Waals surface area contributed by atoms with Gasteiger partial charge in [-0.25, -0.2) is 0 Å². The highest BCUT2D eigenvalue weighted by Crippen LogP contribution is 2.20. The van der Waals surface area contributed by atoms with E-state index in [1.54, 1.807) is 6.20 Å². The molecule has 2 heterocycles. The van der Waals surface area contributed by atoms with E-state index in [0.717, 1.165) is 37.4 Å². The van der Waals surface area contributed by atoms with Crippen molar-refractivity contribution in [1.29, 1.82) is 0 Å². The van der Waals surface area contributed by atoms with Crippen LogP contribution in [0.5, 0.6) is 0 Å². The zero-order valence-electron chi connectivity index (χ0n) is 9.06. The summed E-state index contributed by atoms with van der Waals surface area (Å²) in [5.41, 5.74) is 2.04. The van der Waals surface area contributed by atoms with Crippen LogP contribution in [0.15, 0.2) is 18.5 Å². The van der Waals surface area contributed by atoms with Crippen LogP contribution in [0.25, 0.3) is 0 Å². The number of aliphatic hydroxyl groups excluding tert-OH is 1. The fourth-order valence-corrected chi connectivity index (χ4v) is 1.88. The largest absolute Gasteiger partial charge is 0.392 e. The highest BCUT2D eigenvalue weighted by atomic mass is 16.3. The average Bonchev–Trinajstić information content (AvgIpc) is 2.30. The summed E-state index contributed by atoms with van der Waals surface area (Å²) in [5.74, 6) is 0. The minimum absolute atomic E-state index is 0.0875. The normalized spacial score (nSPS) is 18.1. The van der Waals surface area contributed by atoms with Gasteiger partial charge in [0.25, 0.3) is 0 Å². The van der Waals surface area contributed by atoms with E-state index < -0.39 is 0 Å². The van der Waals surface area contributed by atoms with Gasteiger partial charge in [-0.1, -0.05) is 0 Å². The van der Waals surface area contributed by atoms with E-state index in [1.165, 1.54) is 0 Å². The predicted molar refractivity (Wildman–Crippen MR) is 59.9 cm³/mol. The number of aliphatic hydroxyl groups is 1. The number of rotatable bonds is 2. The molecule has 0 radical (unpaired) electrons. The van der Waals surface area contributed by atoms with Gasteiger partial charge in [0.1, 0.15) is 0 Å². The molecule has 1 aromatic rings. The minimum Gasteiger partial charge on any atom is -0.392 e. The molecule has 0 spiro atoms. The Hall–Kier alpha value is -1.13. The molecule has 4 heteroatoms. The molecule has 1 N–H and O–H groups in total. The summed E-state index contributed by atoms with van der Waals surface area (Å²) >= 11 is 0. The lowest BCUT2D eigenvalue weighted by molar-refractivity contribution is 0.280. The van der Waals surface area contributed by atoms with Crippen LogP contribution < -0.4 is 4.90 Å². The maximum absolute atomic E-state index is 9.24. The summed E-state index contributed by atoms with van der Waals surface area (Å²) in [6.07, 6.45) is 3.57. The van der Waals surface area contributed by atoms with Gasteiger partial charge in [0.05, 0.1) is 18.5 Å². The standard InChI is InChI=1S/C11H17N3O/c1-13-4-6-14(7-5-13)11-8-12-3-2-10(11)9-15/h2-3,8,15H,4-7,9H2,1H3. The molecule has 1 fully saturated rings. The van der Waals surface area contributed by atoms with E-state index in [1.807, 2.05) is 12.3 Å². The molecule has 0 aromatic carbocycles. The lowest BCUT2D eigenvalue weighted by atomic mass is 10.2. The van der Waals surface area contributed by atoms with Crippen molar-refractivity contribution in [2.75, 3.05) is 38.1 Å². The van der Waals surface area contributed by atoms with Crippen molar-refractivity contribution in [3.8, 4) is 0 Å². The zero-order chi connectivity index (χ0) is 10.7. The lowest BCUT2D eigenvalue weighted by Crippen LogP contribution is -2.44. The SMILES string of the molecule is CN1CCN(c2cnccc2CO)CC1. The number of hydrogen-bond acceptors (Lipinski definition) is 4. The van der Waals surface area contributed by atoms with Crippen molar-refractivity contribution in [2.24, 2.45) is 0 Å². The summed E-state index contributed by atoms with van der Waals surface area (Å²) in [4.78, 5) is 8.72. The number of pyridine rings is 1. The first kappa shape index (κ1) is 10.4. The van der Waals surface area contributed by atoms with Gasteiger partial charge in [0, 0.05) is 37.9 Å². The molecule has 1 aromatic heterocycles. The van der Waals surface area contributed by atoms with E-state index in [0.29, 0.717) is 0 Å². The molecule has 0 amide bonds. The van der Waals surface area contributed by atoms with Crippen LogP contribution >= 0.6 is 0 Å². The van der Waals surface area contributed by atoms with E-state index in [9.17, 15) is 5.11 Å². The van der Waals surface area contributed by atoms with E-state index in [2.05, 4.69) is 21.8 Å². The maximum Gasteiger partial charge on any atom is 0.0703 e. The molecule has 15 heavy (non-hydrogen) atoms. The first-order valence-corrected chi connectivity index (χ1v) is 5.28. The predicted octanol–water partition coefficient (Wildman–Crippen LogP) is 0.326. The first-order valence-electron chi connectivity index (χ1n) is 5.28. The van der Waals surface area contributed by atoms with Gasteiger partial charge in [0.15, 0.2) is 0 Å². The Labute approximate surface area is 90.1 Å². The van der Waals surface area contributed by atoms with Gasteiger partial charge in [-0.15, -0.1) is 0 Å². The summed E-state index contributed by atoms with van der Waals surface area (Å²) in [6, 6.07) is 1.88. The number of piperazine rings is 1. The van der Waals surface area contributed by atoms with Gasteiger partial charge < -0.3 is 14.9 Å². The van der Waals surface area contributed by atoms with Gasteiger partial charge in [0.2, 0.25) is 0 Å². The fraction of sp³-hybridized carbons (Fsp3) is 0.545. The van der Waals surface area contributed by atoms with E-state index in [-0.39, 0.29) is 6.61 Å². The highest BCUT2D eigenvalue weighted by molar-refractivity contribution is 5.51. The summed E-state index contributed by atoms with van der Waals surface area (Å²) in [6.45, 7) is 4.24.